The zero-order valence-corrected chi connectivity index (χ0v) is 12.9. The third-order valence-corrected chi connectivity index (χ3v) is 3.60. The molecule has 0 aliphatic rings. The highest BCUT2D eigenvalue weighted by Crippen LogP contribution is 2.07. The molecule has 4 heteroatoms. The zero-order valence-electron chi connectivity index (χ0n) is 12.9. The van der Waals surface area contributed by atoms with Crippen molar-refractivity contribution in [2.45, 2.75) is 20.0 Å². The van der Waals surface area contributed by atoms with Gasteiger partial charge in [-0.1, -0.05) is 30.3 Å². The van der Waals surface area contributed by atoms with Crippen LogP contribution in [0.15, 0.2) is 59.5 Å². The first-order valence-corrected chi connectivity index (χ1v) is 7.33. The molecule has 0 N–H and O–H groups in total. The van der Waals surface area contributed by atoms with Gasteiger partial charge in [0.1, 0.15) is 5.65 Å². The van der Waals surface area contributed by atoms with E-state index in [1.54, 1.807) is 16.7 Å². The Bertz CT molecular complexity index is 840. The molecule has 0 unspecified atom stereocenters. The van der Waals surface area contributed by atoms with Crippen LogP contribution < -0.4 is 5.56 Å². The van der Waals surface area contributed by atoms with E-state index in [2.05, 4.69) is 22.0 Å². The minimum atomic E-state index is -0.0342. The number of rotatable bonds is 4. The minimum Gasteiger partial charge on any atom is -0.296 e. The van der Waals surface area contributed by atoms with Crippen LogP contribution in [0.1, 0.15) is 16.8 Å². The molecule has 0 saturated heterocycles. The zero-order chi connectivity index (χ0) is 15.5. The Balaban J connectivity index is 1.83. The molecule has 0 fully saturated rings. The number of benzene rings is 1. The molecule has 2 heterocycles. The highest BCUT2D eigenvalue weighted by atomic mass is 16.1. The molecule has 0 radical (unpaired) electrons. The number of nitrogens with zero attached hydrogens (tertiary/aromatic N) is 3. The molecule has 0 aliphatic carbocycles. The molecule has 0 bridgehead atoms. The van der Waals surface area contributed by atoms with Crippen molar-refractivity contribution in [1.29, 1.82) is 0 Å². The Morgan fingerprint density at radius 1 is 1.09 bits per heavy atom. The second kappa shape index (κ2) is 6.12. The van der Waals surface area contributed by atoms with Gasteiger partial charge in [0.05, 0.1) is 5.69 Å². The second-order valence-electron chi connectivity index (χ2n) is 5.68. The summed E-state index contributed by atoms with van der Waals surface area (Å²) < 4.78 is 1.58. The van der Waals surface area contributed by atoms with E-state index in [1.165, 1.54) is 5.56 Å². The van der Waals surface area contributed by atoms with Crippen LogP contribution in [0.5, 0.6) is 0 Å². The molecule has 3 aromatic rings. The largest absolute Gasteiger partial charge is 0.296 e. The van der Waals surface area contributed by atoms with Gasteiger partial charge in [-0.05, 0) is 37.2 Å². The monoisotopic (exact) mass is 293 g/mol. The van der Waals surface area contributed by atoms with Crippen molar-refractivity contribution in [1.82, 2.24) is 14.3 Å². The molecular formula is C18H19N3O. The molecule has 4 nitrogen and oxygen atoms in total. The summed E-state index contributed by atoms with van der Waals surface area (Å²) >= 11 is 0. The van der Waals surface area contributed by atoms with Crippen LogP contribution in [0.3, 0.4) is 0 Å². The summed E-state index contributed by atoms with van der Waals surface area (Å²) in [6.07, 6.45) is 1.78. The van der Waals surface area contributed by atoms with Crippen molar-refractivity contribution >= 4 is 5.65 Å². The normalized spacial score (nSPS) is 11.2. The van der Waals surface area contributed by atoms with Crippen LogP contribution in [0.2, 0.25) is 0 Å². The molecule has 1 aromatic carbocycles. The fourth-order valence-corrected chi connectivity index (χ4v) is 2.56. The van der Waals surface area contributed by atoms with E-state index in [0.717, 1.165) is 17.8 Å². The van der Waals surface area contributed by atoms with Gasteiger partial charge in [-0.3, -0.25) is 14.1 Å². The first kappa shape index (κ1) is 14.5. The third kappa shape index (κ3) is 3.23. The van der Waals surface area contributed by atoms with Crippen molar-refractivity contribution in [3.8, 4) is 0 Å². The molecular weight excluding hydrogens is 274 g/mol. The van der Waals surface area contributed by atoms with Gasteiger partial charge in [-0.25, -0.2) is 4.98 Å². The van der Waals surface area contributed by atoms with Gasteiger partial charge in [0.2, 0.25) is 0 Å². The topological polar surface area (TPSA) is 37.6 Å². The van der Waals surface area contributed by atoms with Crippen molar-refractivity contribution in [3.05, 3.63) is 81.9 Å². The van der Waals surface area contributed by atoms with E-state index in [1.807, 2.05) is 44.3 Å². The summed E-state index contributed by atoms with van der Waals surface area (Å²) in [5.74, 6) is 0. The highest BCUT2D eigenvalue weighted by Gasteiger charge is 2.06. The van der Waals surface area contributed by atoms with E-state index in [9.17, 15) is 4.79 Å². The lowest BCUT2D eigenvalue weighted by Gasteiger charge is -2.16. The van der Waals surface area contributed by atoms with E-state index < -0.39 is 0 Å². The fourth-order valence-electron chi connectivity index (χ4n) is 2.56. The van der Waals surface area contributed by atoms with Gasteiger partial charge in [0, 0.05) is 25.4 Å². The minimum absolute atomic E-state index is 0.0342. The number of hydrogen-bond acceptors (Lipinski definition) is 3. The average Bonchev–Trinajstić information content (AvgIpc) is 2.47. The van der Waals surface area contributed by atoms with Crippen LogP contribution in [-0.2, 0) is 13.1 Å². The lowest BCUT2D eigenvalue weighted by Crippen LogP contribution is -2.21. The van der Waals surface area contributed by atoms with Crippen LogP contribution in [-0.4, -0.2) is 21.3 Å². The molecule has 22 heavy (non-hydrogen) atoms. The third-order valence-electron chi connectivity index (χ3n) is 3.60. The number of pyridine rings is 1. The van der Waals surface area contributed by atoms with Gasteiger partial charge >= 0.3 is 0 Å². The summed E-state index contributed by atoms with van der Waals surface area (Å²) in [7, 11) is 2.03. The molecule has 112 valence electrons. The predicted octanol–water partition coefficient (Wildman–Crippen LogP) is 2.63. The van der Waals surface area contributed by atoms with Crippen molar-refractivity contribution in [3.63, 3.8) is 0 Å². The maximum Gasteiger partial charge on any atom is 0.258 e. The average molecular weight is 293 g/mol. The van der Waals surface area contributed by atoms with Gasteiger partial charge in [0.15, 0.2) is 0 Å². The number of hydrogen-bond donors (Lipinski definition) is 0. The SMILES string of the molecule is Cc1ccn2c(=O)cc(CN(C)Cc3ccccc3)nc2c1. The molecule has 0 spiro atoms. The van der Waals surface area contributed by atoms with E-state index in [0.29, 0.717) is 12.2 Å². The first-order valence-electron chi connectivity index (χ1n) is 7.33. The molecule has 0 atom stereocenters. The standard InChI is InChI=1S/C18H19N3O/c1-14-8-9-21-17(10-14)19-16(11-18(21)22)13-20(2)12-15-6-4-3-5-7-15/h3-11H,12-13H2,1-2H3. The fraction of sp³-hybridized carbons (Fsp3) is 0.222. The number of aryl methyl sites for hydroxylation is 1. The summed E-state index contributed by atoms with van der Waals surface area (Å²) in [6.45, 7) is 3.48. The predicted molar refractivity (Wildman–Crippen MR) is 87.8 cm³/mol. The van der Waals surface area contributed by atoms with Gasteiger partial charge < -0.3 is 0 Å². The summed E-state index contributed by atoms with van der Waals surface area (Å²) in [5.41, 5.74) is 3.82. The lowest BCUT2D eigenvalue weighted by atomic mass is 10.2. The first-order chi connectivity index (χ1) is 10.6. The van der Waals surface area contributed by atoms with Crippen molar-refractivity contribution < 1.29 is 0 Å². The number of aromatic nitrogens is 2. The molecule has 3 rings (SSSR count). The highest BCUT2D eigenvalue weighted by molar-refractivity contribution is 5.41. The maximum atomic E-state index is 12.2. The van der Waals surface area contributed by atoms with Gasteiger partial charge in [-0.15, -0.1) is 0 Å². The van der Waals surface area contributed by atoms with E-state index >= 15 is 0 Å². The van der Waals surface area contributed by atoms with Crippen LogP contribution >= 0.6 is 0 Å². The molecule has 0 saturated carbocycles. The molecule has 0 aliphatic heterocycles. The van der Waals surface area contributed by atoms with Gasteiger partial charge in [0.25, 0.3) is 5.56 Å². The lowest BCUT2D eigenvalue weighted by molar-refractivity contribution is 0.315. The Hall–Kier alpha value is -2.46. The Morgan fingerprint density at radius 2 is 1.86 bits per heavy atom. The van der Waals surface area contributed by atoms with Gasteiger partial charge in [-0.2, -0.15) is 0 Å². The quantitative estimate of drug-likeness (QED) is 0.742. The van der Waals surface area contributed by atoms with Crippen molar-refractivity contribution in [2.24, 2.45) is 0 Å². The molecule has 0 amide bonds. The smallest absolute Gasteiger partial charge is 0.258 e. The van der Waals surface area contributed by atoms with Crippen molar-refractivity contribution in [2.75, 3.05) is 7.05 Å². The molecule has 2 aromatic heterocycles. The van der Waals surface area contributed by atoms with Crippen LogP contribution in [0.4, 0.5) is 0 Å². The summed E-state index contributed by atoms with van der Waals surface area (Å²) in [5, 5.41) is 0. The Morgan fingerprint density at radius 3 is 2.64 bits per heavy atom. The van der Waals surface area contributed by atoms with E-state index in [-0.39, 0.29) is 5.56 Å². The second-order valence-corrected chi connectivity index (χ2v) is 5.68. The van der Waals surface area contributed by atoms with Crippen LogP contribution in [0, 0.1) is 6.92 Å². The summed E-state index contributed by atoms with van der Waals surface area (Å²) in [6, 6.07) is 15.7. The Labute approximate surface area is 129 Å². The maximum absolute atomic E-state index is 12.2. The Kier molecular flexibility index (Phi) is 4.02. The number of fused-ring (bicyclic) bond motifs is 1. The van der Waals surface area contributed by atoms with Crippen LogP contribution in [0.25, 0.3) is 5.65 Å². The van der Waals surface area contributed by atoms with E-state index in [4.69, 9.17) is 0 Å². The summed E-state index contributed by atoms with van der Waals surface area (Å²) in [4.78, 5) is 18.9.